The largest absolute Gasteiger partial charge is 0.508 e. The highest BCUT2D eigenvalue weighted by Gasteiger charge is 2.64. The number of nitrogens with two attached hydrogens (primary N) is 1. The molecule has 246 valence electrons. The van der Waals surface area contributed by atoms with Gasteiger partial charge in [0.25, 0.3) is 5.91 Å². The Morgan fingerprint density at radius 3 is 2.36 bits per heavy atom. The van der Waals surface area contributed by atoms with Crippen molar-refractivity contribution < 1.29 is 34.8 Å². The molecule has 3 aromatic rings. The highest BCUT2D eigenvalue weighted by Crippen LogP contribution is 2.54. The van der Waals surface area contributed by atoms with Crippen LogP contribution in [0.5, 0.6) is 5.75 Å². The molecule has 10 nitrogen and oxygen atoms in total. The molecule has 0 aromatic heterocycles. The van der Waals surface area contributed by atoms with E-state index >= 15 is 0 Å². The second kappa shape index (κ2) is 11.9. The Morgan fingerprint density at radius 1 is 1.02 bits per heavy atom. The van der Waals surface area contributed by atoms with Crippen molar-refractivity contribution in [2.45, 2.75) is 57.2 Å². The molecule has 3 aliphatic carbocycles. The number of Topliss-reactive ketones (excluding diaryl/α,β-unsaturated/α-hetero) is 2. The Kier molecular flexibility index (Phi) is 8.24. The van der Waals surface area contributed by atoms with Crippen molar-refractivity contribution in [1.82, 2.24) is 10.2 Å². The summed E-state index contributed by atoms with van der Waals surface area (Å²) < 4.78 is 0. The van der Waals surface area contributed by atoms with Crippen LogP contribution in [0, 0.1) is 11.8 Å². The van der Waals surface area contributed by atoms with Gasteiger partial charge in [0.05, 0.1) is 11.6 Å². The zero-order valence-electron chi connectivity index (χ0n) is 27.0. The van der Waals surface area contributed by atoms with E-state index in [-0.39, 0.29) is 29.7 Å². The molecule has 0 unspecified atom stereocenters. The molecule has 1 fully saturated rings. The van der Waals surface area contributed by atoms with E-state index in [0.717, 1.165) is 41.3 Å². The van der Waals surface area contributed by atoms with Gasteiger partial charge in [-0.3, -0.25) is 19.3 Å². The van der Waals surface area contributed by atoms with Gasteiger partial charge in [0.2, 0.25) is 5.78 Å². The number of phenols is 1. The Balaban J connectivity index is 1.49. The first kappa shape index (κ1) is 32.4. The van der Waals surface area contributed by atoms with E-state index in [0.29, 0.717) is 11.6 Å². The highest BCUT2D eigenvalue weighted by atomic mass is 16.3. The number of phenolic OH excluding ortho intramolecular Hbond substituents is 1. The van der Waals surface area contributed by atoms with Gasteiger partial charge in [0.15, 0.2) is 11.4 Å². The first-order valence-electron chi connectivity index (χ1n) is 16.0. The van der Waals surface area contributed by atoms with Crippen LogP contribution in [0.4, 0.5) is 0 Å². The summed E-state index contributed by atoms with van der Waals surface area (Å²) in [5.41, 5.74) is 5.36. The first-order valence-corrected chi connectivity index (χ1v) is 16.0. The fourth-order valence-corrected chi connectivity index (χ4v) is 7.98. The lowest BCUT2D eigenvalue weighted by Gasteiger charge is -2.50. The third kappa shape index (κ3) is 5.02. The number of rotatable bonds is 8. The van der Waals surface area contributed by atoms with Gasteiger partial charge < -0.3 is 31.5 Å². The van der Waals surface area contributed by atoms with E-state index in [4.69, 9.17) is 5.73 Å². The minimum absolute atomic E-state index is 0.0327. The number of carbonyl (C=O) groups excluding carboxylic acids is 3. The van der Waals surface area contributed by atoms with E-state index in [1.165, 1.54) is 16.5 Å². The zero-order valence-corrected chi connectivity index (χ0v) is 27.0. The van der Waals surface area contributed by atoms with Gasteiger partial charge >= 0.3 is 0 Å². The van der Waals surface area contributed by atoms with Crippen LogP contribution in [0.25, 0.3) is 27.7 Å². The molecule has 47 heavy (non-hydrogen) atoms. The molecule has 4 atom stereocenters. The summed E-state index contributed by atoms with van der Waals surface area (Å²) >= 11 is 0. The number of nitrogens with one attached hydrogen (secondary N) is 1. The van der Waals surface area contributed by atoms with Gasteiger partial charge in [-0.15, -0.1) is 0 Å². The summed E-state index contributed by atoms with van der Waals surface area (Å²) in [5.74, 6) is -6.69. The van der Waals surface area contributed by atoms with E-state index in [2.05, 4.69) is 43.4 Å². The third-order valence-corrected chi connectivity index (χ3v) is 10.1. The van der Waals surface area contributed by atoms with Gasteiger partial charge in [-0.1, -0.05) is 56.3 Å². The van der Waals surface area contributed by atoms with Crippen LogP contribution in [-0.2, 0) is 27.2 Å². The van der Waals surface area contributed by atoms with Crippen molar-refractivity contribution in [3.8, 4) is 16.9 Å². The van der Waals surface area contributed by atoms with Crippen molar-refractivity contribution in [2.75, 3.05) is 20.6 Å². The minimum atomic E-state index is -2.67. The topological polar surface area (TPSA) is 173 Å². The quantitative estimate of drug-likeness (QED) is 0.159. The molecule has 6 rings (SSSR count). The maximum absolute atomic E-state index is 14.2. The summed E-state index contributed by atoms with van der Waals surface area (Å²) in [4.78, 5) is 41.3. The van der Waals surface area contributed by atoms with Crippen LogP contribution in [0.15, 0.2) is 65.4 Å². The molecule has 3 aliphatic rings. The van der Waals surface area contributed by atoms with E-state index in [1.807, 2.05) is 18.2 Å². The number of likely N-dealkylation sites (N-methyl/N-ethyl adjacent to an activating group) is 1. The van der Waals surface area contributed by atoms with Crippen molar-refractivity contribution in [1.29, 1.82) is 0 Å². The van der Waals surface area contributed by atoms with Crippen molar-refractivity contribution >= 4 is 34.0 Å². The summed E-state index contributed by atoms with van der Waals surface area (Å²) in [7, 11) is 3.17. The minimum Gasteiger partial charge on any atom is -0.508 e. The molecule has 7 N–H and O–H groups in total. The van der Waals surface area contributed by atoms with Crippen LogP contribution in [0.3, 0.4) is 0 Å². The smallest absolute Gasteiger partial charge is 0.255 e. The Hall–Kier alpha value is -4.51. The number of ketones is 2. The molecule has 0 bridgehead atoms. The lowest BCUT2D eigenvalue weighted by atomic mass is 9.57. The summed E-state index contributed by atoms with van der Waals surface area (Å²) in [5, 5.41) is 51.3. The third-order valence-electron chi connectivity index (χ3n) is 10.1. The first-order chi connectivity index (χ1) is 22.3. The fraction of sp³-hybridized carbons (Fsp3) is 0.378. The maximum Gasteiger partial charge on any atom is 0.255 e. The number of amides is 1. The molecule has 0 aliphatic heterocycles. The normalized spacial score (nSPS) is 24.2. The van der Waals surface area contributed by atoms with Crippen LogP contribution in [0.1, 0.15) is 43.4 Å². The number of primary amides is 1. The molecule has 0 radical (unpaired) electrons. The molecular weight excluding hydrogens is 598 g/mol. The number of aliphatic hydroxyl groups excluding tert-OH is 2. The van der Waals surface area contributed by atoms with Crippen molar-refractivity contribution in [2.24, 2.45) is 17.6 Å². The number of hydrogen-bond donors (Lipinski definition) is 6. The number of fused-ring (bicyclic) bond motifs is 4. The molecule has 0 heterocycles. The number of nitrogens with zero attached hydrogens (tertiary/aromatic N) is 1. The predicted octanol–water partition coefficient (Wildman–Crippen LogP) is 3.71. The van der Waals surface area contributed by atoms with Crippen LogP contribution < -0.4 is 11.1 Å². The SMILES string of the molecule is CC(C)NCCCc1ccc(-c2ccc(O)c3c2C[C@H]2C[C@H]4[C@H](N(C)C)C(=O)C(C(N)=O)=C(O)[C@@]4(O)C(=O)C2=C3O)c2ccccc12. The highest BCUT2D eigenvalue weighted by molar-refractivity contribution is 6.24. The van der Waals surface area contributed by atoms with Crippen molar-refractivity contribution in [3.63, 3.8) is 0 Å². The average molecular weight is 640 g/mol. The van der Waals surface area contributed by atoms with Gasteiger partial charge in [0, 0.05) is 17.5 Å². The number of aryl methyl sites for hydroxylation is 1. The monoisotopic (exact) mass is 639 g/mol. The van der Waals surface area contributed by atoms with Crippen LogP contribution >= 0.6 is 0 Å². The summed E-state index contributed by atoms with van der Waals surface area (Å²) in [6.07, 6.45) is 2.11. The predicted molar refractivity (Wildman–Crippen MR) is 179 cm³/mol. The second-order valence-electron chi connectivity index (χ2n) is 13.5. The van der Waals surface area contributed by atoms with Gasteiger partial charge in [0.1, 0.15) is 22.8 Å². The number of benzene rings is 3. The molecule has 1 amide bonds. The lowest BCUT2D eigenvalue weighted by Crippen LogP contribution is -2.65. The lowest BCUT2D eigenvalue weighted by molar-refractivity contribution is -0.153. The number of aromatic hydroxyl groups is 1. The molecule has 0 spiro atoms. The van der Waals surface area contributed by atoms with Gasteiger partial charge in [-0.25, -0.2) is 0 Å². The van der Waals surface area contributed by atoms with Crippen molar-refractivity contribution in [3.05, 3.63) is 82.1 Å². The molecule has 10 heteroatoms. The molecule has 3 aromatic carbocycles. The van der Waals surface area contributed by atoms with Gasteiger partial charge in [-0.2, -0.15) is 0 Å². The standard InChI is InChI=1S/C37H41N3O7/c1-18(2)39-15-7-8-19-11-12-23(22-10-6-5-9-21(19)22)24-13-14-27(41)29-25(24)16-20-17-26-31(40(3)4)33(43)30(36(38)46)35(45)37(26,47)34(44)28(20)32(29)42/h5-6,9-14,18,20,26,31,39,41-42,45,47H,7-8,15-17H2,1-4H3,(H2,38,46)/t20-,26-,31-,37-/m0/s1. The summed E-state index contributed by atoms with van der Waals surface area (Å²) in [6, 6.07) is 14.8. The van der Waals surface area contributed by atoms with E-state index in [1.54, 1.807) is 14.1 Å². The average Bonchev–Trinajstić information content (AvgIpc) is 3.01. The van der Waals surface area contributed by atoms with Gasteiger partial charge in [-0.05, 0) is 91.3 Å². The Morgan fingerprint density at radius 2 is 1.70 bits per heavy atom. The van der Waals surface area contributed by atoms with E-state index < -0.39 is 58.0 Å². The maximum atomic E-state index is 14.2. The Labute approximate surface area is 273 Å². The molecule has 1 saturated carbocycles. The second-order valence-corrected chi connectivity index (χ2v) is 13.5. The summed E-state index contributed by atoms with van der Waals surface area (Å²) in [6.45, 7) is 5.15. The number of hydrogen-bond acceptors (Lipinski definition) is 9. The number of carbonyl (C=O) groups is 3. The number of aliphatic hydroxyl groups is 3. The van der Waals surface area contributed by atoms with E-state index in [9.17, 15) is 34.8 Å². The fourth-order valence-electron chi connectivity index (χ4n) is 7.98. The molecule has 0 saturated heterocycles. The van der Waals surface area contributed by atoms with Crippen LogP contribution in [0.2, 0.25) is 0 Å². The molecular formula is C37H41N3O7. The zero-order chi connectivity index (χ0) is 33.9. The van der Waals surface area contributed by atoms with Crippen LogP contribution in [-0.4, -0.2) is 81.1 Å². The Bertz CT molecular complexity index is 1890.